The molecule has 0 unspecified atom stereocenters. The highest BCUT2D eigenvalue weighted by Crippen LogP contribution is 2.21. The van der Waals surface area contributed by atoms with Crippen LogP contribution in [0, 0.1) is 5.92 Å². The highest BCUT2D eigenvalue weighted by Gasteiger charge is 2.30. The maximum absolute atomic E-state index is 12.5. The maximum atomic E-state index is 12.5. The summed E-state index contributed by atoms with van der Waals surface area (Å²) in [6.07, 6.45) is 2.91. The molecule has 0 saturated carbocycles. The van der Waals surface area contributed by atoms with Gasteiger partial charge in [0.2, 0.25) is 5.91 Å². The molecule has 2 aliphatic heterocycles. The minimum Gasteiger partial charge on any atom is -0.478 e. The molecule has 26 heavy (non-hydrogen) atoms. The molecule has 0 atom stereocenters. The Kier molecular flexibility index (Phi) is 5.88. The highest BCUT2D eigenvalue weighted by molar-refractivity contribution is 6.04. The summed E-state index contributed by atoms with van der Waals surface area (Å²) in [6.45, 7) is 2.52. The van der Waals surface area contributed by atoms with Crippen molar-refractivity contribution in [2.75, 3.05) is 26.3 Å². The fourth-order valence-electron chi connectivity index (χ4n) is 3.58. The largest absolute Gasteiger partial charge is 0.478 e. The van der Waals surface area contributed by atoms with Crippen molar-refractivity contribution in [3.63, 3.8) is 0 Å². The van der Waals surface area contributed by atoms with E-state index in [1.54, 1.807) is 12.1 Å². The summed E-state index contributed by atoms with van der Waals surface area (Å²) in [5, 5.41) is 12.1. The topological polar surface area (TPSA) is 95.9 Å². The first kappa shape index (κ1) is 18.4. The monoisotopic (exact) mass is 360 g/mol. The predicted octanol–water partition coefficient (Wildman–Crippen LogP) is 1.53. The average Bonchev–Trinajstić information content (AvgIpc) is 2.68. The average molecular weight is 360 g/mol. The predicted molar refractivity (Wildman–Crippen MR) is 94.0 cm³/mol. The molecule has 1 aromatic carbocycles. The quantitative estimate of drug-likeness (QED) is 0.849. The van der Waals surface area contributed by atoms with Crippen molar-refractivity contribution in [3.8, 4) is 0 Å². The molecule has 0 spiro atoms. The molecule has 0 bridgehead atoms. The number of aromatic carboxylic acids is 1. The maximum Gasteiger partial charge on any atom is 0.336 e. The van der Waals surface area contributed by atoms with E-state index in [0.29, 0.717) is 39.1 Å². The molecule has 2 saturated heterocycles. The number of carbonyl (C=O) groups is 3. The molecule has 2 fully saturated rings. The lowest BCUT2D eigenvalue weighted by molar-refractivity contribution is -0.139. The van der Waals surface area contributed by atoms with E-state index >= 15 is 0 Å². The normalized spacial score (nSPS) is 19.2. The third-order valence-corrected chi connectivity index (χ3v) is 5.11. The van der Waals surface area contributed by atoms with Crippen molar-refractivity contribution < 1.29 is 24.2 Å². The summed E-state index contributed by atoms with van der Waals surface area (Å²) in [5.41, 5.74) is 0.165. The van der Waals surface area contributed by atoms with E-state index in [0.717, 1.165) is 12.8 Å². The molecule has 7 heteroatoms. The van der Waals surface area contributed by atoms with E-state index in [1.165, 1.54) is 12.1 Å². The van der Waals surface area contributed by atoms with Gasteiger partial charge in [0.1, 0.15) is 0 Å². The first-order chi connectivity index (χ1) is 12.6. The van der Waals surface area contributed by atoms with E-state index in [-0.39, 0.29) is 34.9 Å². The number of hydrogen-bond acceptors (Lipinski definition) is 4. The Morgan fingerprint density at radius 1 is 1.00 bits per heavy atom. The third kappa shape index (κ3) is 4.22. The number of hydrogen-bond donors (Lipinski definition) is 2. The number of nitrogens with zero attached hydrogens (tertiary/aromatic N) is 1. The minimum absolute atomic E-state index is 0.00266. The van der Waals surface area contributed by atoms with Gasteiger partial charge in [-0.3, -0.25) is 9.59 Å². The van der Waals surface area contributed by atoms with Gasteiger partial charge in [0.05, 0.1) is 11.1 Å². The molecule has 2 aliphatic rings. The van der Waals surface area contributed by atoms with Crippen LogP contribution in [0.4, 0.5) is 0 Å². The number of likely N-dealkylation sites (tertiary alicyclic amines) is 1. The van der Waals surface area contributed by atoms with Gasteiger partial charge >= 0.3 is 5.97 Å². The van der Waals surface area contributed by atoms with Gasteiger partial charge in [-0.05, 0) is 37.8 Å². The molecular formula is C19H24N2O5. The summed E-state index contributed by atoms with van der Waals surface area (Å²) in [4.78, 5) is 38.1. The molecular weight excluding hydrogens is 336 g/mol. The van der Waals surface area contributed by atoms with Crippen LogP contribution in [0.2, 0.25) is 0 Å². The summed E-state index contributed by atoms with van der Waals surface area (Å²) in [5.74, 6) is -1.25. The van der Waals surface area contributed by atoms with Gasteiger partial charge in [-0.1, -0.05) is 12.1 Å². The van der Waals surface area contributed by atoms with Crippen molar-refractivity contribution in [1.82, 2.24) is 10.2 Å². The summed E-state index contributed by atoms with van der Waals surface area (Å²) in [7, 11) is 0. The number of rotatable bonds is 4. The molecule has 0 aliphatic carbocycles. The smallest absolute Gasteiger partial charge is 0.336 e. The van der Waals surface area contributed by atoms with E-state index in [9.17, 15) is 19.5 Å². The number of amides is 2. The molecule has 140 valence electrons. The fraction of sp³-hybridized carbons (Fsp3) is 0.526. The molecule has 1 aromatic rings. The Morgan fingerprint density at radius 3 is 2.23 bits per heavy atom. The second kappa shape index (κ2) is 8.31. The molecule has 0 radical (unpaired) electrons. The molecule has 0 aromatic heterocycles. The number of carboxylic acids is 1. The van der Waals surface area contributed by atoms with Crippen LogP contribution in [-0.4, -0.2) is 60.1 Å². The molecule has 2 N–H and O–H groups in total. The van der Waals surface area contributed by atoms with Gasteiger partial charge in [-0.25, -0.2) is 4.79 Å². The number of nitrogens with one attached hydrogen (secondary N) is 1. The molecule has 7 nitrogen and oxygen atoms in total. The SMILES string of the molecule is O=C(O)c1ccccc1C(=O)NC1CCN(C(=O)C2CCOCC2)CC1. The van der Waals surface area contributed by atoms with Gasteiger partial charge in [0, 0.05) is 38.3 Å². The van der Waals surface area contributed by atoms with Crippen LogP contribution in [0.3, 0.4) is 0 Å². The van der Waals surface area contributed by atoms with Gasteiger partial charge in [-0.2, -0.15) is 0 Å². The Balaban J connectivity index is 1.53. The Bertz CT molecular complexity index is 676. The van der Waals surface area contributed by atoms with Gasteiger partial charge in [-0.15, -0.1) is 0 Å². The fourth-order valence-corrected chi connectivity index (χ4v) is 3.58. The Labute approximate surface area is 152 Å². The van der Waals surface area contributed by atoms with Crippen LogP contribution in [-0.2, 0) is 9.53 Å². The first-order valence-electron chi connectivity index (χ1n) is 9.06. The zero-order chi connectivity index (χ0) is 18.5. The third-order valence-electron chi connectivity index (χ3n) is 5.11. The van der Waals surface area contributed by atoms with Crippen molar-refractivity contribution in [2.24, 2.45) is 5.92 Å². The van der Waals surface area contributed by atoms with Crippen molar-refractivity contribution in [2.45, 2.75) is 31.7 Å². The standard InChI is InChI=1S/C19H24N2O5/c22-17(15-3-1-2-4-16(15)19(24)25)20-14-5-9-21(10-6-14)18(23)13-7-11-26-12-8-13/h1-4,13-14H,5-12H2,(H,20,22)(H,24,25). The lowest BCUT2D eigenvalue weighted by atomic mass is 9.96. The first-order valence-corrected chi connectivity index (χ1v) is 9.06. The molecule has 3 rings (SSSR count). The van der Waals surface area contributed by atoms with Crippen LogP contribution >= 0.6 is 0 Å². The number of carbonyl (C=O) groups excluding carboxylic acids is 2. The second-order valence-corrected chi connectivity index (χ2v) is 6.81. The second-order valence-electron chi connectivity index (χ2n) is 6.81. The number of piperidine rings is 1. The van der Waals surface area contributed by atoms with Crippen LogP contribution in [0.15, 0.2) is 24.3 Å². The van der Waals surface area contributed by atoms with Crippen molar-refractivity contribution in [3.05, 3.63) is 35.4 Å². The van der Waals surface area contributed by atoms with Crippen molar-refractivity contribution >= 4 is 17.8 Å². The Morgan fingerprint density at radius 2 is 1.62 bits per heavy atom. The minimum atomic E-state index is -1.12. The van der Waals surface area contributed by atoms with Gasteiger partial charge < -0.3 is 20.1 Å². The summed E-state index contributed by atoms with van der Waals surface area (Å²) >= 11 is 0. The van der Waals surface area contributed by atoms with Gasteiger partial charge in [0.25, 0.3) is 5.91 Å². The van der Waals surface area contributed by atoms with Crippen LogP contribution in [0.5, 0.6) is 0 Å². The van der Waals surface area contributed by atoms with Crippen LogP contribution < -0.4 is 5.32 Å². The van der Waals surface area contributed by atoms with E-state index in [2.05, 4.69) is 5.32 Å². The van der Waals surface area contributed by atoms with E-state index in [1.807, 2.05) is 4.90 Å². The highest BCUT2D eigenvalue weighted by atomic mass is 16.5. The summed E-state index contributed by atoms with van der Waals surface area (Å²) < 4.78 is 5.31. The zero-order valence-corrected chi connectivity index (χ0v) is 14.6. The zero-order valence-electron chi connectivity index (χ0n) is 14.6. The molecule has 2 amide bonds. The van der Waals surface area contributed by atoms with Crippen molar-refractivity contribution in [1.29, 1.82) is 0 Å². The van der Waals surface area contributed by atoms with E-state index in [4.69, 9.17) is 4.74 Å². The van der Waals surface area contributed by atoms with Crippen LogP contribution in [0.1, 0.15) is 46.4 Å². The lowest BCUT2D eigenvalue weighted by Crippen LogP contribution is -2.48. The number of benzene rings is 1. The number of ether oxygens (including phenoxy) is 1. The summed E-state index contributed by atoms with van der Waals surface area (Å²) in [6, 6.07) is 6.13. The van der Waals surface area contributed by atoms with Gasteiger partial charge in [0.15, 0.2) is 0 Å². The lowest BCUT2D eigenvalue weighted by Gasteiger charge is -2.35. The Hall–Kier alpha value is -2.41. The van der Waals surface area contributed by atoms with Crippen LogP contribution in [0.25, 0.3) is 0 Å². The van der Waals surface area contributed by atoms with E-state index < -0.39 is 5.97 Å². The molecule has 2 heterocycles. The number of carboxylic acid groups (broad SMARTS) is 1.